The molecule has 7 unspecified atom stereocenters. The molecule has 0 radical (unpaired) electrons. The van der Waals surface area contributed by atoms with E-state index < -0.39 is 77.2 Å². The van der Waals surface area contributed by atoms with Gasteiger partial charge in [0.2, 0.25) is 5.78 Å². The van der Waals surface area contributed by atoms with Crippen molar-refractivity contribution in [2.24, 2.45) is 34.5 Å². The fourth-order valence-corrected chi connectivity index (χ4v) is 13.3. The monoisotopic (exact) mass is 1080 g/mol. The first-order chi connectivity index (χ1) is 37.1. The predicted molar refractivity (Wildman–Crippen MR) is 303 cm³/mol. The number of rotatable bonds is 41. The Labute approximate surface area is 464 Å². The van der Waals surface area contributed by atoms with Crippen LogP contribution in [0.15, 0.2) is 48.1 Å². The maximum Gasteiger partial charge on any atom is 0.306 e. The van der Waals surface area contributed by atoms with Gasteiger partial charge in [-0.3, -0.25) is 28.8 Å². The van der Waals surface area contributed by atoms with E-state index >= 15 is 0 Å². The minimum absolute atomic E-state index is 0.00995. The average Bonchev–Trinajstić information content (AvgIpc) is 3.88. The van der Waals surface area contributed by atoms with Gasteiger partial charge in [0.05, 0.1) is 18.9 Å². The first-order valence-corrected chi connectivity index (χ1v) is 30.9. The summed E-state index contributed by atoms with van der Waals surface area (Å²) in [7, 11) is 0. The third kappa shape index (κ3) is 21.3. The maximum absolute atomic E-state index is 14.0. The van der Waals surface area contributed by atoms with E-state index in [1.165, 1.54) is 77.0 Å². The zero-order chi connectivity index (χ0) is 55.9. The second-order valence-corrected chi connectivity index (χ2v) is 23.8. The Bertz CT molecular complexity index is 1930. The number of hydrogen-bond acceptors (Lipinski definition) is 12. The molecule has 0 saturated heterocycles. The van der Waals surface area contributed by atoms with E-state index in [0.29, 0.717) is 25.7 Å². The van der Waals surface area contributed by atoms with Gasteiger partial charge in [-0.25, -0.2) is 0 Å². The van der Waals surface area contributed by atoms with E-state index in [2.05, 4.69) is 45.1 Å². The summed E-state index contributed by atoms with van der Waals surface area (Å²) < 4.78 is 22.0. The van der Waals surface area contributed by atoms with E-state index in [-0.39, 0.29) is 62.4 Å². The van der Waals surface area contributed by atoms with Crippen molar-refractivity contribution in [2.75, 3.05) is 19.8 Å². The van der Waals surface area contributed by atoms with Crippen LogP contribution in [-0.2, 0) is 47.7 Å². The van der Waals surface area contributed by atoms with Crippen molar-refractivity contribution in [3.8, 4) is 0 Å². The van der Waals surface area contributed by atoms with Gasteiger partial charge in [0.15, 0.2) is 18.5 Å². The summed E-state index contributed by atoms with van der Waals surface area (Å²) in [5.41, 5.74) is -2.31. The smallest absolute Gasteiger partial charge is 0.306 e. The summed E-state index contributed by atoms with van der Waals surface area (Å²) in [4.78, 5) is 77.9. The van der Waals surface area contributed by atoms with E-state index in [1.54, 1.807) is 12.2 Å². The van der Waals surface area contributed by atoms with Crippen molar-refractivity contribution in [1.29, 1.82) is 0 Å². The average molecular weight is 1080 g/mol. The number of carbonyl (C=O) groups is 6. The van der Waals surface area contributed by atoms with Crippen molar-refractivity contribution >= 4 is 35.4 Å². The molecule has 0 aromatic rings. The van der Waals surface area contributed by atoms with Crippen LogP contribution in [0, 0.1) is 34.5 Å². The summed E-state index contributed by atoms with van der Waals surface area (Å²) >= 11 is 0. The third-order valence-electron chi connectivity index (χ3n) is 17.8. The number of ketones is 2. The number of allylic oxidation sites excluding steroid dienone is 8. The Balaban J connectivity index is 1.18. The third-order valence-corrected chi connectivity index (χ3v) is 17.8. The molecular formula is C65H104O12. The van der Waals surface area contributed by atoms with Crippen molar-refractivity contribution in [1.82, 2.24) is 0 Å². The van der Waals surface area contributed by atoms with Crippen molar-refractivity contribution in [2.45, 2.75) is 271 Å². The maximum atomic E-state index is 14.0. The molecule has 12 nitrogen and oxygen atoms in total. The van der Waals surface area contributed by atoms with Crippen LogP contribution >= 0.6 is 0 Å². The normalized spacial score (nSPS) is 26.0. The van der Waals surface area contributed by atoms with Gasteiger partial charge < -0.3 is 29.2 Å². The number of hydrogen-bond donors (Lipinski definition) is 2. The number of ether oxygens (including phenoxy) is 4. The molecule has 2 N–H and O–H groups in total. The van der Waals surface area contributed by atoms with E-state index in [0.717, 1.165) is 89.0 Å². The van der Waals surface area contributed by atoms with Crippen LogP contribution in [0.4, 0.5) is 0 Å². The number of esters is 4. The van der Waals surface area contributed by atoms with Crippen LogP contribution in [-0.4, -0.2) is 83.3 Å². The van der Waals surface area contributed by atoms with Crippen LogP contribution in [0.1, 0.15) is 253 Å². The largest absolute Gasteiger partial charge is 0.462 e. The molecule has 4 rings (SSSR count). The topological polar surface area (TPSA) is 180 Å². The number of aliphatic hydroxyl groups is 2. The number of unbranched alkanes of at least 4 members (excludes halogenated alkanes) is 22. The molecular weight excluding hydrogens is 973 g/mol. The zero-order valence-electron chi connectivity index (χ0n) is 48.6. The molecule has 0 bridgehead atoms. The molecule has 0 aliphatic heterocycles. The highest BCUT2D eigenvalue weighted by atomic mass is 16.6. The first-order valence-electron chi connectivity index (χ1n) is 30.9. The van der Waals surface area contributed by atoms with Gasteiger partial charge in [-0.15, -0.1) is 0 Å². The summed E-state index contributed by atoms with van der Waals surface area (Å²) in [6.45, 7) is 8.94. The molecule has 0 spiro atoms. The standard InChI is InChI=1S/C65H104O12/c1-6-8-10-12-14-16-18-20-22-24-26-28-30-32-34-36-58(69)74-47-53(77-61(72)37-35-33-31-29-27-25-23-21-19-17-15-13-11-9-7-2)48-75-59(70)40-41-60(71)76-49-57(68)65(73)50(3)44-55-54-39-38-51-45-52(66)42-43-63(51,4)62(54)56(67)46-64(55,65)5/h20-23,42-43,45,50,53-56,62,67,73H,6-19,24-41,44,46-49H2,1-5H3/b22-20-,23-21-/t50-,53?,54?,55?,56?,62?,63?,64?,65+/m1/s1. The Morgan fingerprint density at radius 2 is 1.09 bits per heavy atom. The lowest BCUT2D eigenvalue weighted by Gasteiger charge is -2.59. The summed E-state index contributed by atoms with van der Waals surface area (Å²) in [5.74, 6) is -3.85. The highest BCUT2D eigenvalue weighted by Crippen LogP contribution is 2.68. The van der Waals surface area contributed by atoms with E-state index in [4.69, 9.17) is 18.9 Å². The molecule has 0 aromatic carbocycles. The van der Waals surface area contributed by atoms with Gasteiger partial charge in [-0.05, 0) is 120 Å². The molecule has 3 fully saturated rings. The van der Waals surface area contributed by atoms with Crippen LogP contribution in [0.25, 0.3) is 0 Å². The minimum Gasteiger partial charge on any atom is -0.462 e. The lowest BCUT2D eigenvalue weighted by atomic mass is 9.46. The van der Waals surface area contributed by atoms with Crippen LogP contribution < -0.4 is 0 Å². The summed E-state index contributed by atoms with van der Waals surface area (Å²) in [6, 6.07) is 0. The molecule has 4 aliphatic carbocycles. The number of Topliss-reactive ketones (excluding diaryl/α,β-unsaturated/α-hetero) is 1. The van der Waals surface area contributed by atoms with Crippen LogP contribution in [0.5, 0.6) is 0 Å². The molecule has 77 heavy (non-hydrogen) atoms. The van der Waals surface area contributed by atoms with Gasteiger partial charge in [0, 0.05) is 29.6 Å². The van der Waals surface area contributed by atoms with E-state index in [1.807, 2.05) is 19.9 Å². The van der Waals surface area contributed by atoms with Crippen molar-refractivity contribution < 1.29 is 57.9 Å². The lowest BCUT2D eigenvalue weighted by Crippen LogP contribution is -2.62. The van der Waals surface area contributed by atoms with Crippen molar-refractivity contribution in [3.63, 3.8) is 0 Å². The number of fused-ring (bicyclic) bond motifs is 5. The Morgan fingerprint density at radius 1 is 0.636 bits per heavy atom. The fraction of sp³-hybridized carbons (Fsp3) is 0.785. The SMILES string of the molecule is CCCCCCCC/C=C\CCCCCCCC(=O)OCC(COC(=O)CCC(=O)OCC(=O)[C@@]1(O)[C@H](C)CC2C3CCC4=CC(=O)C=CC4(C)C3C(O)CC21C)OC(=O)CCCCCCC/C=C\CCCCCCCC. The second kappa shape index (κ2) is 35.7. The van der Waals surface area contributed by atoms with Gasteiger partial charge in [-0.1, -0.05) is 173 Å². The van der Waals surface area contributed by atoms with Gasteiger partial charge >= 0.3 is 23.9 Å². The molecule has 0 amide bonds. The first kappa shape index (κ1) is 65.6. The van der Waals surface area contributed by atoms with Gasteiger partial charge in [-0.2, -0.15) is 0 Å². The molecule has 0 heterocycles. The molecule has 0 aromatic heterocycles. The molecule has 9 atom stereocenters. The molecule has 3 saturated carbocycles. The second-order valence-electron chi connectivity index (χ2n) is 23.8. The summed E-state index contributed by atoms with van der Waals surface area (Å²) in [6.07, 6.45) is 44.1. The minimum atomic E-state index is -1.86. The Morgan fingerprint density at radius 3 is 1.61 bits per heavy atom. The predicted octanol–water partition coefficient (Wildman–Crippen LogP) is 14.2. The van der Waals surface area contributed by atoms with Crippen molar-refractivity contribution in [3.05, 3.63) is 48.1 Å². The lowest BCUT2D eigenvalue weighted by molar-refractivity contribution is -0.186. The van der Waals surface area contributed by atoms with Gasteiger partial charge in [0.25, 0.3) is 0 Å². The molecule has 12 heteroatoms. The zero-order valence-corrected chi connectivity index (χ0v) is 48.6. The molecule has 436 valence electrons. The highest BCUT2D eigenvalue weighted by Gasteiger charge is 2.70. The summed E-state index contributed by atoms with van der Waals surface area (Å²) in [5, 5.41) is 24.1. The van der Waals surface area contributed by atoms with E-state index in [9.17, 15) is 39.0 Å². The molecule has 4 aliphatic rings. The number of aliphatic hydroxyl groups excluding tert-OH is 1. The fourth-order valence-electron chi connectivity index (χ4n) is 13.3. The highest BCUT2D eigenvalue weighted by molar-refractivity contribution is 6.01. The Hall–Kier alpha value is -3.90. The van der Waals surface area contributed by atoms with Crippen LogP contribution in [0.3, 0.4) is 0 Å². The van der Waals surface area contributed by atoms with Crippen LogP contribution in [0.2, 0.25) is 0 Å². The number of carbonyl (C=O) groups excluding carboxylic acids is 6. The quantitative estimate of drug-likeness (QED) is 0.0256. The van der Waals surface area contributed by atoms with Gasteiger partial charge in [0.1, 0.15) is 18.8 Å². The Kier molecular flexibility index (Phi) is 30.4.